The van der Waals surface area contributed by atoms with E-state index in [1.165, 1.54) is 45.1 Å². The van der Waals surface area contributed by atoms with Gasteiger partial charge in [0.15, 0.2) is 0 Å². The summed E-state index contributed by atoms with van der Waals surface area (Å²) in [6.45, 7) is 9.31. The van der Waals surface area contributed by atoms with E-state index in [0.29, 0.717) is 6.04 Å². The molecule has 0 heterocycles. The molecule has 0 aromatic carbocycles. The zero-order chi connectivity index (χ0) is 12.7. The van der Waals surface area contributed by atoms with E-state index in [1.807, 2.05) is 0 Å². The lowest BCUT2D eigenvalue weighted by Crippen LogP contribution is -2.40. The minimum Gasteiger partial charge on any atom is -0.313 e. The fourth-order valence-corrected chi connectivity index (χ4v) is 2.83. The third-order valence-corrected chi connectivity index (χ3v) is 4.07. The van der Waals surface area contributed by atoms with Gasteiger partial charge in [-0.25, -0.2) is 0 Å². The van der Waals surface area contributed by atoms with Gasteiger partial charge in [-0.05, 0) is 39.2 Å². The molecule has 1 fully saturated rings. The van der Waals surface area contributed by atoms with E-state index in [0.717, 1.165) is 18.5 Å². The van der Waals surface area contributed by atoms with Gasteiger partial charge in [-0.1, -0.05) is 33.1 Å². The number of hydrogen-bond acceptors (Lipinski definition) is 2. The number of nitrogens with one attached hydrogen (secondary N) is 1. The quantitative estimate of drug-likeness (QED) is 0.735. The van der Waals surface area contributed by atoms with Gasteiger partial charge >= 0.3 is 0 Å². The summed E-state index contributed by atoms with van der Waals surface area (Å²) < 4.78 is 0. The molecular weight excluding hydrogens is 208 g/mol. The first-order valence-corrected chi connectivity index (χ1v) is 7.53. The van der Waals surface area contributed by atoms with Gasteiger partial charge < -0.3 is 10.2 Å². The molecule has 0 amide bonds. The Kier molecular flexibility index (Phi) is 7.14. The Morgan fingerprint density at radius 2 is 1.76 bits per heavy atom. The fourth-order valence-electron chi connectivity index (χ4n) is 2.83. The van der Waals surface area contributed by atoms with Gasteiger partial charge in [0.05, 0.1) is 0 Å². The molecule has 1 aliphatic rings. The van der Waals surface area contributed by atoms with Crippen LogP contribution in [-0.4, -0.2) is 37.1 Å². The largest absolute Gasteiger partial charge is 0.313 e. The van der Waals surface area contributed by atoms with Crippen LogP contribution in [0.1, 0.15) is 59.3 Å². The third kappa shape index (κ3) is 6.42. The van der Waals surface area contributed by atoms with Crippen LogP contribution >= 0.6 is 0 Å². The number of likely N-dealkylation sites (N-methyl/N-ethyl adjacent to an activating group) is 1. The van der Waals surface area contributed by atoms with Crippen LogP contribution in [0.15, 0.2) is 0 Å². The normalized spacial score (nSPS) is 20.1. The predicted molar refractivity (Wildman–Crippen MR) is 76.4 cm³/mol. The molecule has 102 valence electrons. The molecule has 1 rings (SSSR count). The van der Waals surface area contributed by atoms with Gasteiger partial charge in [-0.15, -0.1) is 0 Å². The second kappa shape index (κ2) is 8.10. The van der Waals surface area contributed by atoms with Crippen molar-refractivity contribution in [3.8, 4) is 0 Å². The van der Waals surface area contributed by atoms with Crippen LogP contribution in [0.2, 0.25) is 0 Å². The molecular formula is C15H32N2. The molecule has 0 spiro atoms. The van der Waals surface area contributed by atoms with Crippen LogP contribution in [0, 0.1) is 5.92 Å². The van der Waals surface area contributed by atoms with Gasteiger partial charge in [0.1, 0.15) is 0 Å². The van der Waals surface area contributed by atoms with Crippen molar-refractivity contribution in [2.75, 3.05) is 20.1 Å². The Morgan fingerprint density at radius 1 is 1.12 bits per heavy atom. The average Bonchev–Trinajstić information content (AvgIpc) is 2.29. The van der Waals surface area contributed by atoms with Crippen molar-refractivity contribution in [2.24, 2.45) is 5.92 Å². The van der Waals surface area contributed by atoms with E-state index in [4.69, 9.17) is 0 Å². The second-order valence-corrected chi connectivity index (χ2v) is 6.25. The minimum atomic E-state index is 0.711. The van der Waals surface area contributed by atoms with Crippen molar-refractivity contribution in [3.63, 3.8) is 0 Å². The summed E-state index contributed by atoms with van der Waals surface area (Å²) in [5.74, 6) is 0.804. The molecule has 1 saturated carbocycles. The Balaban J connectivity index is 2.08. The highest BCUT2D eigenvalue weighted by atomic mass is 15.1. The van der Waals surface area contributed by atoms with Gasteiger partial charge in [-0.2, -0.15) is 0 Å². The maximum atomic E-state index is 3.72. The summed E-state index contributed by atoms with van der Waals surface area (Å²) in [5, 5.41) is 3.72. The lowest BCUT2D eigenvalue weighted by Gasteiger charge is -2.28. The summed E-state index contributed by atoms with van der Waals surface area (Å²) >= 11 is 0. The summed E-state index contributed by atoms with van der Waals surface area (Å²) in [6.07, 6.45) is 8.40. The Labute approximate surface area is 108 Å². The van der Waals surface area contributed by atoms with Crippen LogP contribution in [0.3, 0.4) is 0 Å². The predicted octanol–water partition coefficient (Wildman–Crippen LogP) is 3.28. The Hall–Kier alpha value is -0.0800. The van der Waals surface area contributed by atoms with E-state index in [-0.39, 0.29) is 0 Å². The van der Waals surface area contributed by atoms with Gasteiger partial charge in [0.25, 0.3) is 0 Å². The lowest BCUT2D eigenvalue weighted by molar-refractivity contribution is 0.222. The average molecular weight is 240 g/mol. The SMILES string of the molecule is CC(C)CC(C)N(C)CCNC1CCCCC1. The first-order chi connectivity index (χ1) is 8.09. The van der Waals surface area contributed by atoms with Crippen molar-refractivity contribution in [1.29, 1.82) is 0 Å². The number of hydrogen-bond donors (Lipinski definition) is 1. The molecule has 2 nitrogen and oxygen atoms in total. The molecule has 0 aromatic heterocycles. The molecule has 1 aliphatic carbocycles. The maximum absolute atomic E-state index is 3.72. The van der Waals surface area contributed by atoms with Crippen LogP contribution in [0.25, 0.3) is 0 Å². The summed E-state index contributed by atoms with van der Waals surface area (Å²) in [5.41, 5.74) is 0. The molecule has 1 N–H and O–H groups in total. The van der Waals surface area contributed by atoms with Gasteiger partial charge in [0.2, 0.25) is 0 Å². The minimum absolute atomic E-state index is 0.711. The third-order valence-electron chi connectivity index (χ3n) is 4.07. The highest BCUT2D eigenvalue weighted by molar-refractivity contribution is 4.73. The molecule has 0 aromatic rings. The van der Waals surface area contributed by atoms with E-state index in [9.17, 15) is 0 Å². The molecule has 1 unspecified atom stereocenters. The van der Waals surface area contributed by atoms with Crippen LogP contribution in [0.5, 0.6) is 0 Å². The zero-order valence-corrected chi connectivity index (χ0v) is 12.3. The summed E-state index contributed by atoms with van der Waals surface area (Å²) in [4.78, 5) is 2.50. The topological polar surface area (TPSA) is 15.3 Å². The molecule has 0 saturated heterocycles. The standard InChI is InChI=1S/C15H32N2/c1-13(2)12-14(3)17(4)11-10-16-15-8-6-5-7-9-15/h13-16H,5-12H2,1-4H3. The molecule has 1 atom stereocenters. The maximum Gasteiger partial charge on any atom is 0.0107 e. The van der Waals surface area contributed by atoms with Crippen molar-refractivity contribution in [1.82, 2.24) is 10.2 Å². The van der Waals surface area contributed by atoms with Crippen LogP contribution < -0.4 is 5.32 Å². The van der Waals surface area contributed by atoms with Crippen molar-refractivity contribution in [3.05, 3.63) is 0 Å². The number of nitrogens with zero attached hydrogens (tertiary/aromatic N) is 1. The van der Waals surface area contributed by atoms with E-state index < -0.39 is 0 Å². The van der Waals surface area contributed by atoms with Gasteiger partial charge in [-0.3, -0.25) is 0 Å². The second-order valence-electron chi connectivity index (χ2n) is 6.25. The van der Waals surface area contributed by atoms with Gasteiger partial charge in [0, 0.05) is 25.2 Å². The Bertz CT molecular complexity index is 185. The lowest BCUT2D eigenvalue weighted by atomic mass is 9.95. The summed E-state index contributed by atoms with van der Waals surface area (Å²) in [6, 6.07) is 1.51. The van der Waals surface area contributed by atoms with E-state index in [1.54, 1.807) is 0 Å². The van der Waals surface area contributed by atoms with Crippen molar-refractivity contribution >= 4 is 0 Å². The molecule has 0 radical (unpaired) electrons. The fraction of sp³-hybridized carbons (Fsp3) is 1.00. The first kappa shape index (κ1) is 15.0. The number of rotatable bonds is 7. The highest BCUT2D eigenvalue weighted by Gasteiger charge is 2.14. The molecule has 0 bridgehead atoms. The highest BCUT2D eigenvalue weighted by Crippen LogP contribution is 2.17. The zero-order valence-electron chi connectivity index (χ0n) is 12.3. The first-order valence-electron chi connectivity index (χ1n) is 7.53. The van der Waals surface area contributed by atoms with Crippen LogP contribution in [-0.2, 0) is 0 Å². The van der Waals surface area contributed by atoms with Crippen molar-refractivity contribution < 1.29 is 0 Å². The van der Waals surface area contributed by atoms with Crippen LogP contribution in [0.4, 0.5) is 0 Å². The summed E-state index contributed by atoms with van der Waals surface area (Å²) in [7, 11) is 2.26. The molecule has 0 aliphatic heterocycles. The smallest absolute Gasteiger partial charge is 0.0107 e. The Morgan fingerprint density at radius 3 is 2.35 bits per heavy atom. The van der Waals surface area contributed by atoms with Crippen molar-refractivity contribution in [2.45, 2.75) is 71.4 Å². The monoisotopic (exact) mass is 240 g/mol. The van der Waals surface area contributed by atoms with E-state index >= 15 is 0 Å². The molecule has 17 heavy (non-hydrogen) atoms. The van der Waals surface area contributed by atoms with E-state index in [2.05, 4.69) is 38.0 Å². The molecule has 2 heteroatoms.